The molecule has 0 saturated carbocycles. The van der Waals surface area contributed by atoms with E-state index >= 15 is 0 Å². The SMILES string of the molecule is SCCC=Cc1ccc(S)cc1. The summed E-state index contributed by atoms with van der Waals surface area (Å²) in [6, 6.07) is 8.08. The molecular formula is C10H12S2. The minimum absolute atomic E-state index is 0.904. The molecule has 0 N–H and O–H groups in total. The fourth-order valence-corrected chi connectivity index (χ4v) is 1.18. The second kappa shape index (κ2) is 5.33. The summed E-state index contributed by atoms with van der Waals surface area (Å²) in [5.41, 5.74) is 1.22. The summed E-state index contributed by atoms with van der Waals surface area (Å²) in [4.78, 5) is 1.00. The molecule has 1 rings (SSSR count). The molecule has 0 fully saturated rings. The van der Waals surface area contributed by atoms with Gasteiger partial charge in [0.2, 0.25) is 0 Å². The van der Waals surface area contributed by atoms with Gasteiger partial charge in [-0.3, -0.25) is 0 Å². The van der Waals surface area contributed by atoms with Gasteiger partial charge in [-0.15, -0.1) is 12.6 Å². The van der Waals surface area contributed by atoms with Crippen LogP contribution >= 0.6 is 25.3 Å². The smallest absolute Gasteiger partial charge is 0.00403 e. The maximum Gasteiger partial charge on any atom is 0.00403 e. The first-order chi connectivity index (χ1) is 5.83. The Kier molecular flexibility index (Phi) is 4.33. The quantitative estimate of drug-likeness (QED) is 0.681. The van der Waals surface area contributed by atoms with Gasteiger partial charge in [0, 0.05) is 4.90 Å². The molecule has 1 aromatic carbocycles. The van der Waals surface area contributed by atoms with Gasteiger partial charge in [-0.2, -0.15) is 12.6 Å². The van der Waals surface area contributed by atoms with Crippen LogP contribution < -0.4 is 0 Å². The van der Waals surface area contributed by atoms with Crippen LogP contribution in [0.3, 0.4) is 0 Å². The Morgan fingerprint density at radius 3 is 2.42 bits per heavy atom. The Morgan fingerprint density at radius 2 is 1.83 bits per heavy atom. The van der Waals surface area contributed by atoms with Crippen molar-refractivity contribution in [2.24, 2.45) is 0 Å². The molecule has 0 amide bonds. The highest BCUT2D eigenvalue weighted by Gasteiger charge is 1.85. The summed E-state index contributed by atoms with van der Waals surface area (Å²) in [6.45, 7) is 0. The number of allylic oxidation sites excluding steroid dienone is 1. The summed E-state index contributed by atoms with van der Waals surface area (Å²) in [6.07, 6.45) is 5.25. The van der Waals surface area contributed by atoms with Gasteiger partial charge in [-0.25, -0.2) is 0 Å². The third-order valence-electron chi connectivity index (χ3n) is 1.50. The highest BCUT2D eigenvalue weighted by molar-refractivity contribution is 7.80. The van der Waals surface area contributed by atoms with Crippen LogP contribution in [-0.2, 0) is 0 Å². The number of hydrogen-bond donors (Lipinski definition) is 2. The minimum Gasteiger partial charge on any atom is -0.179 e. The molecule has 0 aliphatic rings. The fraction of sp³-hybridized carbons (Fsp3) is 0.200. The number of thiol groups is 2. The number of benzene rings is 1. The van der Waals surface area contributed by atoms with Gasteiger partial charge < -0.3 is 0 Å². The van der Waals surface area contributed by atoms with Crippen molar-refractivity contribution < 1.29 is 0 Å². The maximum atomic E-state index is 4.20. The van der Waals surface area contributed by atoms with Gasteiger partial charge >= 0.3 is 0 Å². The van der Waals surface area contributed by atoms with Crippen molar-refractivity contribution in [2.75, 3.05) is 5.75 Å². The highest BCUT2D eigenvalue weighted by atomic mass is 32.1. The van der Waals surface area contributed by atoms with Crippen LogP contribution in [0.15, 0.2) is 35.2 Å². The molecule has 0 aliphatic carbocycles. The van der Waals surface area contributed by atoms with Crippen LogP contribution in [0.1, 0.15) is 12.0 Å². The second-order valence-corrected chi connectivity index (χ2v) is 3.47. The van der Waals surface area contributed by atoms with Crippen molar-refractivity contribution in [3.63, 3.8) is 0 Å². The van der Waals surface area contributed by atoms with Crippen LogP contribution in [0.2, 0.25) is 0 Å². The molecule has 1 aromatic rings. The van der Waals surface area contributed by atoms with Crippen molar-refractivity contribution >= 4 is 31.3 Å². The molecule has 12 heavy (non-hydrogen) atoms. The molecule has 2 heteroatoms. The average molecular weight is 196 g/mol. The van der Waals surface area contributed by atoms with Crippen molar-refractivity contribution in [1.29, 1.82) is 0 Å². The van der Waals surface area contributed by atoms with Crippen LogP contribution in [0.25, 0.3) is 6.08 Å². The van der Waals surface area contributed by atoms with Gasteiger partial charge in [0.05, 0.1) is 0 Å². The van der Waals surface area contributed by atoms with E-state index in [1.165, 1.54) is 5.56 Å². The van der Waals surface area contributed by atoms with Crippen molar-refractivity contribution in [3.05, 3.63) is 35.9 Å². The Bertz CT molecular complexity index is 249. The predicted octanol–water partition coefficient (Wildman–Crippen LogP) is 3.31. The van der Waals surface area contributed by atoms with Crippen LogP contribution in [0.4, 0.5) is 0 Å². The van der Waals surface area contributed by atoms with E-state index < -0.39 is 0 Å². The monoisotopic (exact) mass is 196 g/mol. The molecule has 0 aliphatic heterocycles. The molecule has 0 bridgehead atoms. The van der Waals surface area contributed by atoms with E-state index in [1.807, 2.05) is 12.1 Å². The van der Waals surface area contributed by atoms with E-state index in [0.717, 1.165) is 17.1 Å². The minimum atomic E-state index is 0.904. The summed E-state index contributed by atoms with van der Waals surface area (Å²) in [5.74, 6) is 0.904. The van der Waals surface area contributed by atoms with Crippen molar-refractivity contribution in [3.8, 4) is 0 Å². The van der Waals surface area contributed by atoms with E-state index in [-0.39, 0.29) is 0 Å². The molecule has 64 valence electrons. The van der Waals surface area contributed by atoms with E-state index in [4.69, 9.17) is 0 Å². The van der Waals surface area contributed by atoms with Gasteiger partial charge in [0.15, 0.2) is 0 Å². The lowest BCUT2D eigenvalue weighted by atomic mass is 10.2. The molecule has 0 heterocycles. The van der Waals surface area contributed by atoms with E-state index in [1.54, 1.807) is 0 Å². The van der Waals surface area contributed by atoms with Gasteiger partial charge in [0.1, 0.15) is 0 Å². The molecule has 0 radical (unpaired) electrons. The fourth-order valence-electron chi connectivity index (χ4n) is 0.879. The van der Waals surface area contributed by atoms with Gasteiger partial charge in [0.25, 0.3) is 0 Å². The third-order valence-corrected chi connectivity index (χ3v) is 2.06. The molecule has 0 spiro atoms. The molecule has 0 atom stereocenters. The topological polar surface area (TPSA) is 0 Å². The molecule has 0 nitrogen and oxygen atoms in total. The highest BCUT2D eigenvalue weighted by Crippen LogP contribution is 2.09. The van der Waals surface area contributed by atoms with Gasteiger partial charge in [-0.05, 0) is 29.9 Å². The summed E-state index contributed by atoms with van der Waals surface area (Å²) in [7, 11) is 0. The molecule has 0 aromatic heterocycles. The van der Waals surface area contributed by atoms with Crippen molar-refractivity contribution in [1.82, 2.24) is 0 Å². The first kappa shape index (κ1) is 9.75. The lowest BCUT2D eigenvalue weighted by molar-refractivity contribution is 1.26. The summed E-state index contributed by atoms with van der Waals surface area (Å²) < 4.78 is 0. The zero-order chi connectivity index (χ0) is 8.81. The maximum absolute atomic E-state index is 4.20. The van der Waals surface area contributed by atoms with Crippen LogP contribution in [-0.4, -0.2) is 5.75 Å². The summed E-state index contributed by atoms with van der Waals surface area (Å²) >= 11 is 8.32. The Balaban J connectivity index is 2.58. The zero-order valence-electron chi connectivity index (χ0n) is 6.77. The molecule has 0 saturated heterocycles. The normalized spacial score (nSPS) is 10.8. The standard InChI is InChI=1S/C10H12S2/c11-8-2-1-3-9-4-6-10(12)7-5-9/h1,3-7,11-12H,2,8H2. The first-order valence-corrected chi connectivity index (χ1v) is 4.97. The molecular weight excluding hydrogens is 184 g/mol. The average Bonchev–Trinajstić information content (AvgIpc) is 2.09. The Morgan fingerprint density at radius 1 is 1.17 bits per heavy atom. The van der Waals surface area contributed by atoms with Gasteiger partial charge in [-0.1, -0.05) is 24.3 Å². The lowest BCUT2D eigenvalue weighted by Gasteiger charge is -1.93. The zero-order valence-corrected chi connectivity index (χ0v) is 8.56. The van der Waals surface area contributed by atoms with E-state index in [2.05, 4.69) is 49.5 Å². The molecule has 0 unspecified atom stereocenters. The summed E-state index contributed by atoms with van der Waals surface area (Å²) in [5, 5.41) is 0. The Labute approximate surface area is 84.5 Å². The third kappa shape index (κ3) is 3.37. The van der Waals surface area contributed by atoms with E-state index in [0.29, 0.717) is 0 Å². The second-order valence-electron chi connectivity index (χ2n) is 2.51. The Hall–Kier alpha value is -0.340. The predicted molar refractivity (Wildman–Crippen MR) is 61.2 cm³/mol. The largest absolute Gasteiger partial charge is 0.179 e. The van der Waals surface area contributed by atoms with Crippen molar-refractivity contribution in [2.45, 2.75) is 11.3 Å². The number of rotatable bonds is 3. The number of hydrogen-bond acceptors (Lipinski definition) is 2. The lowest BCUT2D eigenvalue weighted by Crippen LogP contribution is -1.72. The van der Waals surface area contributed by atoms with Crippen LogP contribution in [0, 0.1) is 0 Å². The van der Waals surface area contributed by atoms with Crippen LogP contribution in [0.5, 0.6) is 0 Å². The first-order valence-electron chi connectivity index (χ1n) is 3.89. The van der Waals surface area contributed by atoms with E-state index in [9.17, 15) is 0 Å².